The van der Waals surface area contributed by atoms with Crippen LogP contribution in [0.5, 0.6) is 17.2 Å². The molecule has 2 heterocycles. The Balaban J connectivity index is 1.20. The van der Waals surface area contributed by atoms with Gasteiger partial charge in [0.15, 0.2) is 0 Å². The van der Waals surface area contributed by atoms with Crippen LogP contribution in [0.4, 0.5) is 0 Å². The molecule has 37 heavy (non-hydrogen) atoms. The zero-order valence-corrected chi connectivity index (χ0v) is 21.6. The van der Waals surface area contributed by atoms with E-state index in [0.29, 0.717) is 12.6 Å². The molecule has 0 spiro atoms. The lowest BCUT2D eigenvalue weighted by molar-refractivity contribution is 0.0975. The molecule has 0 amide bonds. The summed E-state index contributed by atoms with van der Waals surface area (Å²) in [6.45, 7) is 7.38. The summed E-state index contributed by atoms with van der Waals surface area (Å²) in [5.74, 6) is 3.12. The molecule has 192 valence electrons. The summed E-state index contributed by atoms with van der Waals surface area (Å²) in [5, 5.41) is 0. The Kier molecular flexibility index (Phi) is 7.76. The zero-order valence-electron chi connectivity index (χ0n) is 21.6. The average molecular weight is 498 g/mol. The molecule has 0 N–H and O–H groups in total. The third-order valence-corrected chi connectivity index (χ3v) is 7.32. The highest BCUT2D eigenvalue weighted by Crippen LogP contribution is 2.24. The molecule has 1 aromatic heterocycles. The van der Waals surface area contributed by atoms with Crippen LogP contribution in [0, 0.1) is 5.92 Å². The summed E-state index contributed by atoms with van der Waals surface area (Å²) < 4.78 is 15.1. The van der Waals surface area contributed by atoms with Crippen LogP contribution in [0.15, 0.2) is 96.1 Å². The number of nitrogens with zero attached hydrogens (tertiary/aromatic N) is 3. The SMILES string of the molecule is CCC1CCC(C)N(CCOc2ccc(-n3ccn(-c4ccc(Oc5ccccc5)cc4)c3=O)cc2)C1. The summed E-state index contributed by atoms with van der Waals surface area (Å²) in [7, 11) is 0. The number of piperidine rings is 1. The maximum atomic E-state index is 13.1. The van der Waals surface area contributed by atoms with Gasteiger partial charge in [-0.15, -0.1) is 0 Å². The number of likely N-dealkylation sites (tertiary alicyclic amines) is 1. The summed E-state index contributed by atoms with van der Waals surface area (Å²) in [5.41, 5.74) is 1.45. The largest absolute Gasteiger partial charge is 0.492 e. The van der Waals surface area contributed by atoms with Gasteiger partial charge in [-0.1, -0.05) is 31.5 Å². The van der Waals surface area contributed by atoms with E-state index in [9.17, 15) is 4.79 Å². The molecule has 0 bridgehead atoms. The van der Waals surface area contributed by atoms with Gasteiger partial charge in [0.25, 0.3) is 0 Å². The van der Waals surface area contributed by atoms with Crippen LogP contribution in [0.2, 0.25) is 0 Å². The number of hydrogen-bond donors (Lipinski definition) is 0. The van der Waals surface area contributed by atoms with E-state index >= 15 is 0 Å². The first-order valence-electron chi connectivity index (χ1n) is 13.2. The van der Waals surface area contributed by atoms with Crippen molar-refractivity contribution < 1.29 is 9.47 Å². The van der Waals surface area contributed by atoms with Crippen molar-refractivity contribution in [3.63, 3.8) is 0 Å². The van der Waals surface area contributed by atoms with E-state index < -0.39 is 0 Å². The van der Waals surface area contributed by atoms with Gasteiger partial charge in [0.05, 0.1) is 11.4 Å². The number of rotatable bonds is 9. The van der Waals surface area contributed by atoms with E-state index in [2.05, 4.69) is 18.7 Å². The maximum Gasteiger partial charge on any atom is 0.337 e. The lowest BCUT2D eigenvalue weighted by Gasteiger charge is -2.37. The molecule has 1 saturated heterocycles. The van der Waals surface area contributed by atoms with E-state index in [1.165, 1.54) is 25.8 Å². The first-order chi connectivity index (χ1) is 18.1. The van der Waals surface area contributed by atoms with Crippen molar-refractivity contribution in [3.8, 4) is 28.6 Å². The highest BCUT2D eigenvalue weighted by molar-refractivity contribution is 5.41. The van der Waals surface area contributed by atoms with Crippen molar-refractivity contribution in [2.45, 2.75) is 39.2 Å². The lowest BCUT2D eigenvalue weighted by atomic mass is 9.92. The van der Waals surface area contributed by atoms with Crippen molar-refractivity contribution >= 4 is 0 Å². The van der Waals surface area contributed by atoms with Crippen LogP contribution >= 0.6 is 0 Å². The fraction of sp³-hybridized carbons (Fsp3) is 0.323. The molecule has 4 aromatic rings. The van der Waals surface area contributed by atoms with Gasteiger partial charge in [-0.25, -0.2) is 4.79 Å². The second kappa shape index (κ2) is 11.5. The fourth-order valence-electron chi connectivity index (χ4n) is 4.96. The number of aromatic nitrogens is 2. The second-order valence-electron chi connectivity index (χ2n) is 9.77. The van der Waals surface area contributed by atoms with E-state index in [4.69, 9.17) is 9.47 Å². The smallest absolute Gasteiger partial charge is 0.337 e. The molecule has 0 radical (unpaired) electrons. The van der Waals surface area contributed by atoms with Gasteiger partial charge < -0.3 is 9.47 Å². The van der Waals surface area contributed by atoms with Gasteiger partial charge in [0.1, 0.15) is 23.9 Å². The molecule has 0 saturated carbocycles. The number of benzene rings is 3. The Bertz CT molecular complexity index is 1330. The van der Waals surface area contributed by atoms with Crippen LogP contribution in [-0.4, -0.2) is 39.8 Å². The average Bonchev–Trinajstić information content (AvgIpc) is 3.32. The summed E-state index contributed by atoms with van der Waals surface area (Å²) >= 11 is 0. The van der Waals surface area contributed by atoms with Crippen molar-refractivity contribution in [1.29, 1.82) is 0 Å². The number of hydrogen-bond acceptors (Lipinski definition) is 4. The van der Waals surface area contributed by atoms with Gasteiger partial charge in [-0.05, 0) is 86.3 Å². The number of para-hydroxylation sites is 1. The van der Waals surface area contributed by atoms with E-state index in [-0.39, 0.29) is 5.69 Å². The Morgan fingerprint density at radius 1 is 0.784 bits per heavy atom. The second-order valence-corrected chi connectivity index (χ2v) is 9.77. The quantitative estimate of drug-likeness (QED) is 0.272. The van der Waals surface area contributed by atoms with Gasteiger partial charge in [-0.2, -0.15) is 0 Å². The summed E-state index contributed by atoms with van der Waals surface area (Å²) in [6.07, 6.45) is 7.43. The van der Waals surface area contributed by atoms with Crippen LogP contribution in [-0.2, 0) is 0 Å². The van der Waals surface area contributed by atoms with Crippen molar-refractivity contribution in [1.82, 2.24) is 14.0 Å². The zero-order chi connectivity index (χ0) is 25.6. The van der Waals surface area contributed by atoms with Crippen molar-refractivity contribution in [3.05, 3.63) is 102 Å². The molecular weight excluding hydrogens is 462 g/mol. The van der Waals surface area contributed by atoms with Crippen molar-refractivity contribution in [2.24, 2.45) is 5.92 Å². The van der Waals surface area contributed by atoms with Gasteiger partial charge in [0, 0.05) is 31.5 Å². The van der Waals surface area contributed by atoms with Crippen LogP contribution < -0.4 is 15.2 Å². The van der Waals surface area contributed by atoms with Gasteiger partial charge in [-0.3, -0.25) is 14.0 Å². The summed E-state index contributed by atoms with van der Waals surface area (Å²) in [6, 6.07) is 25.5. The maximum absolute atomic E-state index is 13.1. The predicted octanol–water partition coefficient (Wildman–Crippen LogP) is 6.31. The highest BCUT2D eigenvalue weighted by Gasteiger charge is 2.23. The minimum absolute atomic E-state index is 0.130. The standard InChI is InChI=1S/C31H35N3O3/c1-3-25-10-9-24(2)32(23-25)21-22-36-28-15-11-26(12-16-28)33-19-20-34(31(33)35)27-13-17-30(18-14-27)37-29-7-5-4-6-8-29/h4-8,11-20,24-25H,3,9-10,21-23H2,1-2H3. The van der Waals surface area contributed by atoms with Gasteiger partial charge >= 0.3 is 5.69 Å². The molecule has 1 aliphatic heterocycles. The minimum atomic E-state index is -0.130. The first kappa shape index (κ1) is 24.9. The molecule has 2 unspecified atom stereocenters. The molecule has 6 nitrogen and oxygen atoms in total. The number of ether oxygens (including phenoxy) is 2. The normalized spacial score (nSPS) is 18.0. The minimum Gasteiger partial charge on any atom is -0.492 e. The fourth-order valence-corrected chi connectivity index (χ4v) is 4.96. The molecule has 1 fully saturated rings. The molecule has 5 rings (SSSR count). The first-order valence-corrected chi connectivity index (χ1v) is 13.2. The molecule has 2 atom stereocenters. The van der Waals surface area contributed by atoms with Crippen LogP contribution in [0.25, 0.3) is 11.4 Å². The third-order valence-electron chi connectivity index (χ3n) is 7.32. The monoisotopic (exact) mass is 497 g/mol. The van der Waals surface area contributed by atoms with Gasteiger partial charge in [0.2, 0.25) is 0 Å². The third kappa shape index (κ3) is 5.97. The molecule has 0 aliphatic carbocycles. The van der Waals surface area contributed by atoms with Crippen LogP contribution in [0.3, 0.4) is 0 Å². The predicted molar refractivity (Wildman–Crippen MR) is 147 cm³/mol. The molecule has 6 heteroatoms. The van der Waals surface area contributed by atoms with E-state index in [0.717, 1.165) is 41.1 Å². The molecule has 1 aliphatic rings. The van der Waals surface area contributed by atoms with E-state index in [1.54, 1.807) is 21.5 Å². The summed E-state index contributed by atoms with van der Waals surface area (Å²) in [4.78, 5) is 15.7. The Hall–Kier alpha value is -3.77. The number of imidazole rings is 1. The lowest BCUT2D eigenvalue weighted by Crippen LogP contribution is -2.43. The molecular formula is C31H35N3O3. The van der Waals surface area contributed by atoms with Crippen molar-refractivity contribution in [2.75, 3.05) is 19.7 Å². The topological polar surface area (TPSA) is 48.6 Å². The highest BCUT2D eigenvalue weighted by atomic mass is 16.5. The molecule has 3 aromatic carbocycles. The Morgan fingerprint density at radius 3 is 2.00 bits per heavy atom. The Labute approximate surface area is 218 Å². The van der Waals surface area contributed by atoms with Crippen LogP contribution in [0.1, 0.15) is 33.1 Å². The Morgan fingerprint density at radius 2 is 1.38 bits per heavy atom. The van der Waals surface area contributed by atoms with E-state index in [1.807, 2.05) is 78.9 Å².